The molecule has 2 aliphatic rings. The smallest absolute Gasteiger partial charge is 0.264 e. The molecule has 8 heteroatoms. The van der Waals surface area contributed by atoms with Crippen molar-refractivity contribution in [1.29, 1.82) is 0 Å². The summed E-state index contributed by atoms with van der Waals surface area (Å²) >= 11 is 1.20. The number of thiophene rings is 1. The van der Waals surface area contributed by atoms with E-state index in [2.05, 4.69) is 0 Å². The van der Waals surface area contributed by atoms with E-state index in [1.54, 1.807) is 10.3 Å². The number of morpholine rings is 1. The van der Waals surface area contributed by atoms with Crippen LogP contribution in [-0.4, -0.2) is 61.9 Å². The van der Waals surface area contributed by atoms with Crippen LogP contribution in [0.3, 0.4) is 0 Å². The molecule has 0 saturated carbocycles. The summed E-state index contributed by atoms with van der Waals surface area (Å²) < 4.78 is 32.2. The van der Waals surface area contributed by atoms with Crippen LogP contribution in [-0.2, 0) is 14.8 Å². The lowest BCUT2D eigenvalue weighted by molar-refractivity contribution is -0.0585. The third-order valence-electron chi connectivity index (χ3n) is 4.20. The highest BCUT2D eigenvalue weighted by Crippen LogP contribution is 2.27. The summed E-state index contributed by atoms with van der Waals surface area (Å²) in [5, 5.41) is 1.58. The first-order chi connectivity index (χ1) is 10.9. The fourth-order valence-corrected chi connectivity index (χ4v) is 5.89. The molecule has 0 aliphatic carbocycles. The van der Waals surface area contributed by atoms with Crippen LogP contribution in [0.4, 0.5) is 0 Å². The van der Waals surface area contributed by atoms with Crippen LogP contribution in [0.1, 0.15) is 36.4 Å². The summed E-state index contributed by atoms with van der Waals surface area (Å²) in [6, 6.07) is 1.52. The second kappa shape index (κ2) is 6.51. The molecule has 128 valence electrons. The van der Waals surface area contributed by atoms with Crippen LogP contribution in [0.2, 0.25) is 0 Å². The fourth-order valence-electron chi connectivity index (χ4n) is 3.14. The lowest BCUT2D eigenvalue weighted by Gasteiger charge is -2.35. The highest BCUT2D eigenvalue weighted by atomic mass is 32.2. The minimum Gasteiger partial charge on any atom is -0.372 e. The summed E-state index contributed by atoms with van der Waals surface area (Å²) in [5.74, 6) is -0.111. The maximum atomic E-state index is 12.6. The standard InChI is InChI=1S/C15H22N2O4S2/c1-11-8-16(9-12(2)21-11)15(18)14-7-13(10-22-14)23(19,20)17-5-3-4-6-17/h7,10-12H,3-6,8-9H2,1-2H3/t11-,12-/m0/s1. The molecule has 2 aliphatic heterocycles. The van der Waals surface area contributed by atoms with Gasteiger partial charge in [-0.15, -0.1) is 11.3 Å². The number of carbonyl (C=O) groups is 1. The van der Waals surface area contributed by atoms with E-state index >= 15 is 0 Å². The zero-order chi connectivity index (χ0) is 16.6. The van der Waals surface area contributed by atoms with Gasteiger partial charge in [0.2, 0.25) is 10.0 Å². The van der Waals surface area contributed by atoms with E-state index in [0.29, 0.717) is 31.1 Å². The summed E-state index contributed by atoms with van der Waals surface area (Å²) in [6.07, 6.45) is 1.79. The number of amides is 1. The van der Waals surface area contributed by atoms with Crippen LogP contribution in [0.5, 0.6) is 0 Å². The van der Waals surface area contributed by atoms with Crippen LogP contribution in [0, 0.1) is 0 Å². The molecule has 0 radical (unpaired) electrons. The van der Waals surface area contributed by atoms with Gasteiger partial charge in [0.1, 0.15) is 0 Å². The maximum absolute atomic E-state index is 12.6. The summed E-state index contributed by atoms with van der Waals surface area (Å²) in [7, 11) is -3.46. The summed E-state index contributed by atoms with van der Waals surface area (Å²) in [5.41, 5.74) is 0. The number of sulfonamides is 1. The predicted molar refractivity (Wildman–Crippen MR) is 88.2 cm³/mol. The molecule has 0 spiro atoms. The van der Waals surface area contributed by atoms with Gasteiger partial charge in [0.15, 0.2) is 0 Å². The van der Waals surface area contributed by atoms with Gasteiger partial charge in [-0.05, 0) is 32.8 Å². The molecule has 2 atom stereocenters. The number of hydrogen-bond acceptors (Lipinski definition) is 5. The van der Waals surface area contributed by atoms with Crippen molar-refractivity contribution in [2.24, 2.45) is 0 Å². The zero-order valence-corrected chi connectivity index (χ0v) is 15.0. The third-order valence-corrected chi connectivity index (χ3v) is 7.14. The van der Waals surface area contributed by atoms with Crippen molar-refractivity contribution in [3.63, 3.8) is 0 Å². The minimum atomic E-state index is -3.46. The van der Waals surface area contributed by atoms with E-state index in [-0.39, 0.29) is 23.0 Å². The molecule has 0 N–H and O–H groups in total. The van der Waals surface area contributed by atoms with E-state index in [1.807, 2.05) is 13.8 Å². The van der Waals surface area contributed by atoms with Gasteiger partial charge in [-0.25, -0.2) is 8.42 Å². The van der Waals surface area contributed by atoms with Crippen LogP contribution < -0.4 is 0 Å². The van der Waals surface area contributed by atoms with Crippen LogP contribution in [0.25, 0.3) is 0 Å². The Morgan fingerprint density at radius 3 is 2.43 bits per heavy atom. The Bertz CT molecular complexity index is 669. The average molecular weight is 358 g/mol. The second-order valence-corrected chi connectivity index (χ2v) is 9.07. The van der Waals surface area contributed by atoms with Gasteiger partial charge in [-0.2, -0.15) is 4.31 Å². The lowest BCUT2D eigenvalue weighted by atomic mass is 10.2. The molecule has 6 nitrogen and oxygen atoms in total. The van der Waals surface area contributed by atoms with E-state index < -0.39 is 10.0 Å². The molecule has 2 saturated heterocycles. The van der Waals surface area contributed by atoms with Crippen molar-refractivity contribution in [2.45, 2.75) is 43.8 Å². The van der Waals surface area contributed by atoms with Gasteiger partial charge >= 0.3 is 0 Å². The monoisotopic (exact) mass is 358 g/mol. The van der Waals surface area contributed by atoms with E-state index in [0.717, 1.165) is 12.8 Å². The first-order valence-corrected chi connectivity index (χ1v) is 10.2. The second-order valence-electron chi connectivity index (χ2n) is 6.23. The van der Waals surface area contributed by atoms with Gasteiger partial charge in [0.25, 0.3) is 5.91 Å². The number of carbonyl (C=O) groups excluding carboxylic acids is 1. The first kappa shape index (κ1) is 16.9. The van der Waals surface area contributed by atoms with Crippen molar-refractivity contribution in [3.8, 4) is 0 Å². The number of nitrogens with zero attached hydrogens (tertiary/aromatic N) is 2. The van der Waals surface area contributed by atoms with Crippen molar-refractivity contribution in [3.05, 3.63) is 16.3 Å². The number of hydrogen-bond donors (Lipinski definition) is 0. The highest BCUT2D eigenvalue weighted by molar-refractivity contribution is 7.89. The molecule has 23 heavy (non-hydrogen) atoms. The Kier molecular flexibility index (Phi) is 4.78. The Labute approximate surface area is 141 Å². The van der Waals surface area contributed by atoms with Crippen molar-refractivity contribution < 1.29 is 17.9 Å². The van der Waals surface area contributed by atoms with E-state index in [9.17, 15) is 13.2 Å². The molecule has 3 heterocycles. The van der Waals surface area contributed by atoms with E-state index in [1.165, 1.54) is 21.7 Å². The Morgan fingerprint density at radius 2 is 1.83 bits per heavy atom. The van der Waals surface area contributed by atoms with Gasteiger partial charge < -0.3 is 9.64 Å². The maximum Gasteiger partial charge on any atom is 0.264 e. The Hall–Kier alpha value is -0.960. The quantitative estimate of drug-likeness (QED) is 0.826. The largest absolute Gasteiger partial charge is 0.372 e. The van der Waals surface area contributed by atoms with Crippen LogP contribution in [0.15, 0.2) is 16.3 Å². The van der Waals surface area contributed by atoms with Gasteiger partial charge in [0, 0.05) is 31.6 Å². The molecule has 1 amide bonds. The SMILES string of the molecule is C[C@H]1CN(C(=O)c2cc(S(=O)(=O)N3CCCC3)cs2)C[C@H](C)O1. The molecule has 3 rings (SSSR count). The summed E-state index contributed by atoms with van der Waals surface area (Å²) in [6.45, 7) is 6.09. The molecular formula is C15H22N2O4S2. The first-order valence-electron chi connectivity index (χ1n) is 7.91. The highest BCUT2D eigenvalue weighted by Gasteiger charge is 2.31. The number of rotatable bonds is 3. The van der Waals surface area contributed by atoms with E-state index in [4.69, 9.17) is 4.74 Å². The van der Waals surface area contributed by atoms with Crippen molar-refractivity contribution in [2.75, 3.05) is 26.2 Å². The average Bonchev–Trinajstić information content (AvgIpc) is 3.17. The van der Waals surface area contributed by atoms with Gasteiger partial charge in [-0.3, -0.25) is 4.79 Å². The van der Waals surface area contributed by atoms with Crippen molar-refractivity contribution in [1.82, 2.24) is 9.21 Å². The molecule has 1 aromatic rings. The molecule has 1 aromatic heterocycles. The summed E-state index contributed by atoms with van der Waals surface area (Å²) in [4.78, 5) is 15.1. The molecular weight excluding hydrogens is 336 g/mol. The molecule has 0 bridgehead atoms. The minimum absolute atomic E-state index is 0.00420. The normalized spacial score (nSPS) is 26.6. The third kappa shape index (κ3) is 3.45. The van der Waals surface area contributed by atoms with Crippen molar-refractivity contribution >= 4 is 27.3 Å². The topological polar surface area (TPSA) is 66.9 Å². The molecule has 0 unspecified atom stereocenters. The molecule has 2 fully saturated rings. The lowest BCUT2D eigenvalue weighted by Crippen LogP contribution is -2.48. The van der Waals surface area contributed by atoms with Gasteiger partial charge in [0.05, 0.1) is 22.0 Å². The zero-order valence-electron chi connectivity index (χ0n) is 13.4. The fraction of sp³-hybridized carbons (Fsp3) is 0.667. The molecule has 0 aromatic carbocycles. The van der Waals surface area contributed by atoms with Crippen LogP contribution >= 0.6 is 11.3 Å². The predicted octanol–water partition coefficient (Wildman–Crippen LogP) is 1.78. The Morgan fingerprint density at radius 1 is 1.22 bits per heavy atom. The Balaban J connectivity index is 1.77. The number of ether oxygens (including phenoxy) is 1. The van der Waals surface area contributed by atoms with Gasteiger partial charge in [-0.1, -0.05) is 0 Å².